The molecule has 2 aromatic carbocycles. The number of carboxylic acid groups (broad SMARTS) is 1. The van der Waals surface area contributed by atoms with Crippen LogP contribution in [0.5, 0.6) is 0 Å². The molecule has 3 amide bonds. The van der Waals surface area contributed by atoms with Crippen molar-refractivity contribution >= 4 is 52.1 Å². The van der Waals surface area contributed by atoms with Crippen LogP contribution in [0, 0.1) is 33.1 Å². The van der Waals surface area contributed by atoms with Crippen LogP contribution in [-0.4, -0.2) is 94.0 Å². The molecule has 4 N–H and O–H groups in total. The van der Waals surface area contributed by atoms with Crippen molar-refractivity contribution in [1.29, 1.82) is 0 Å². The number of aliphatic imine (C=N–C) groups is 1. The SMILES string of the molecule is Cc1ncsc1-c1ccc([C@H](C)NC(=O)[C@@H]2C[C@@H](O)CN2C(=O)[C@@H](NC(=O)c2cccc(-c3ccc(C4=N[C@@H](CC(=O)O)c5nnc(C)n5-c5sc(C)c(C)c54)cc3)n2)C(C)(C)C)cc1. The first kappa shape index (κ1) is 45.1. The molecular weight excluding hydrogens is 863 g/mol. The number of benzene rings is 2. The lowest BCUT2D eigenvalue weighted by molar-refractivity contribution is -0.142. The number of rotatable bonds is 11. The maximum atomic E-state index is 14.4. The summed E-state index contributed by atoms with van der Waals surface area (Å²) in [5.41, 5.74) is 8.58. The van der Waals surface area contributed by atoms with Gasteiger partial charge in [0, 0.05) is 34.5 Å². The molecule has 65 heavy (non-hydrogen) atoms. The Hall–Kier alpha value is -6.43. The first-order valence-electron chi connectivity index (χ1n) is 21.4. The van der Waals surface area contributed by atoms with Crippen LogP contribution in [0.1, 0.15) is 108 Å². The predicted molar refractivity (Wildman–Crippen MR) is 249 cm³/mol. The van der Waals surface area contributed by atoms with Crippen LogP contribution >= 0.6 is 22.7 Å². The lowest BCUT2D eigenvalue weighted by atomic mass is 9.85. The molecule has 15 nitrogen and oxygen atoms in total. The van der Waals surface area contributed by atoms with Gasteiger partial charge in [0.15, 0.2) is 5.82 Å². The fraction of sp³-hybridized carbons (Fsp3) is 0.354. The second-order valence-electron chi connectivity index (χ2n) is 17.8. The number of nitrogens with one attached hydrogen (secondary N) is 2. The number of carbonyl (C=O) groups is 4. The first-order chi connectivity index (χ1) is 30.9. The van der Waals surface area contributed by atoms with Gasteiger partial charge >= 0.3 is 5.97 Å². The topological polar surface area (TPSA) is 205 Å². The summed E-state index contributed by atoms with van der Waals surface area (Å²) in [6.45, 7) is 15.2. The van der Waals surface area contributed by atoms with Crippen LogP contribution in [0.4, 0.5) is 0 Å². The highest BCUT2D eigenvalue weighted by molar-refractivity contribution is 7.15. The number of hydrogen-bond acceptors (Lipinski definition) is 12. The number of aliphatic hydroxyl groups excluding tert-OH is 1. The minimum Gasteiger partial charge on any atom is -0.481 e. The molecule has 1 saturated heterocycles. The summed E-state index contributed by atoms with van der Waals surface area (Å²) in [6.07, 6.45) is -1.11. The number of fused-ring (bicyclic) bond motifs is 3. The van der Waals surface area contributed by atoms with Crippen molar-refractivity contribution in [2.75, 3.05) is 6.54 Å². The van der Waals surface area contributed by atoms with Crippen molar-refractivity contribution in [2.24, 2.45) is 10.4 Å². The zero-order chi connectivity index (χ0) is 46.5. The number of carboxylic acids is 1. The van der Waals surface area contributed by atoms with E-state index < -0.39 is 53.3 Å². The van der Waals surface area contributed by atoms with Crippen molar-refractivity contribution in [3.63, 3.8) is 0 Å². The van der Waals surface area contributed by atoms with Gasteiger partial charge in [-0.2, -0.15) is 0 Å². The van der Waals surface area contributed by atoms with Crippen molar-refractivity contribution in [2.45, 2.75) is 98.5 Å². The molecule has 5 atom stereocenters. The van der Waals surface area contributed by atoms with E-state index in [9.17, 15) is 29.4 Å². The van der Waals surface area contributed by atoms with E-state index in [-0.39, 0.29) is 31.1 Å². The fourth-order valence-electron chi connectivity index (χ4n) is 8.43. The highest BCUT2D eigenvalue weighted by atomic mass is 32.1. The van der Waals surface area contributed by atoms with Crippen molar-refractivity contribution < 1.29 is 29.4 Å². The Morgan fingerprint density at radius 3 is 2.26 bits per heavy atom. The number of aromatic nitrogens is 5. The Labute approximate surface area is 384 Å². The molecule has 1 fully saturated rings. The predicted octanol–water partition coefficient (Wildman–Crippen LogP) is 7.10. The molecule has 2 aliphatic heterocycles. The van der Waals surface area contributed by atoms with Gasteiger partial charge in [-0.05, 0) is 68.9 Å². The normalized spacial score (nSPS) is 18.0. The molecule has 0 saturated carbocycles. The average Bonchev–Trinajstić information content (AvgIpc) is 4.04. The number of aryl methyl sites for hydroxylation is 3. The number of pyridine rings is 1. The highest BCUT2D eigenvalue weighted by Crippen LogP contribution is 2.40. The maximum absolute atomic E-state index is 14.4. The molecule has 2 aliphatic rings. The number of amides is 3. The smallest absolute Gasteiger partial charge is 0.306 e. The Morgan fingerprint density at radius 1 is 0.908 bits per heavy atom. The van der Waals surface area contributed by atoms with E-state index in [0.717, 1.165) is 53.8 Å². The molecule has 6 aromatic rings. The molecule has 0 spiro atoms. The van der Waals surface area contributed by atoms with Crippen molar-refractivity contribution in [1.82, 2.24) is 40.3 Å². The summed E-state index contributed by atoms with van der Waals surface area (Å²) in [5, 5.41) is 36.1. The maximum Gasteiger partial charge on any atom is 0.306 e. The third kappa shape index (κ3) is 9.00. The molecule has 8 rings (SSSR count). The zero-order valence-corrected chi connectivity index (χ0v) is 39.0. The Balaban J connectivity index is 0.991. The Bertz CT molecular complexity index is 2840. The number of aliphatic carboxylic acids is 1. The van der Waals surface area contributed by atoms with Crippen LogP contribution in [0.3, 0.4) is 0 Å². The fourth-order valence-corrected chi connectivity index (χ4v) is 10.5. The summed E-state index contributed by atoms with van der Waals surface area (Å²) in [5.74, 6) is -1.32. The van der Waals surface area contributed by atoms with Gasteiger partial charge < -0.3 is 25.7 Å². The number of thiazole rings is 1. The van der Waals surface area contributed by atoms with E-state index in [1.807, 2.05) is 114 Å². The van der Waals surface area contributed by atoms with E-state index in [1.165, 1.54) is 4.90 Å². The molecule has 336 valence electrons. The molecule has 0 radical (unpaired) electrons. The zero-order valence-electron chi connectivity index (χ0n) is 37.4. The number of nitrogens with zero attached hydrogens (tertiary/aromatic N) is 7. The minimum absolute atomic E-state index is 0.0547. The molecule has 0 unspecified atom stereocenters. The lowest BCUT2D eigenvalue weighted by Gasteiger charge is -2.35. The quantitative estimate of drug-likeness (QED) is 0.104. The minimum atomic E-state index is -1.06. The molecule has 0 aliphatic carbocycles. The monoisotopic (exact) mass is 913 g/mol. The van der Waals surface area contributed by atoms with Crippen LogP contribution in [0.15, 0.2) is 77.2 Å². The summed E-state index contributed by atoms with van der Waals surface area (Å²) in [4.78, 5) is 71.9. The van der Waals surface area contributed by atoms with E-state index in [2.05, 4.69) is 25.8 Å². The van der Waals surface area contributed by atoms with Crippen LogP contribution < -0.4 is 10.6 Å². The number of aliphatic hydroxyl groups is 1. The second kappa shape index (κ2) is 17.9. The Kier molecular flexibility index (Phi) is 12.4. The molecule has 6 heterocycles. The molecular formula is C48H51N9O6S2. The van der Waals surface area contributed by atoms with Crippen LogP contribution in [-0.2, 0) is 14.4 Å². The van der Waals surface area contributed by atoms with Gasteiger partial charge in [-0.25, -0.2) is 9.97 Å². The van der Waals surface area contributed by atoms with E-state index >= 15 is 0 Å². The van der Waals surface area contributed by atoms with E-state index in [1.54, 1.807) is 40.9 Å². The number of hydrogen-bond donors (Lipinski definition) is 4. The summed E-state index contributed by atoms with van der Waals surface area (Å²) >= 11 is 3.15. The number of thiophene rings is 1. The van der Waals surface area contributed by atoms with Gasteiger partial charge in [0.1, 0.15) is 34.6 Å². The van der Waals surface area contributed by atoms with Gasteiger partial charge in [0.05, 0.1) is 46.1 Å². The molecule has 4 aromatic heterocycles. The highest BCUT2D eigenvalue weighted by Gasteiger charge is 2.45. The molecule has 0 bridgehead atoms. The number of carbonyl (C=O) groups excluding carboxylic acids is 3. The van der Waals surface area contributed by atoms with E-state index in [0.29, 0.717) is 23.1 Å². The summed E-state index contributed by atoms with van der Waals surface area (Å²) < 4.78 is 1.91. The largest absolute Gasteiger partial charge is 0.481 e. The van der Waals surface area contributed by atoms with Gasteiger partial charge in [-0.1, -0.05) is 75.4 Å². The van der Waals surface area contributed by atoms with Gasteiger partial charge in [0.25, 0.3) is 5.91 Å². The van der Waals surface area contributed by atoms with Crippen LogP contribution in [0.2, 0.25) is 0 Å². The lowest BCUT2D eigenvalue weighted by Crippen LogP contribution is -2.58. The summed E-state index contributed by atoms with van der Waals surface area (Å²) in [7, 11) is 0. The van der Waals surface area contributed by atoms with Gasteiger partial charge in [-0.15, -0.1) is 32.9 Å². The second-order valence-corrected chi connectivity index (χ2v) is 19.8. The average molecular weight is 914 g/mol. The third-order valence-electron chi connectivity index (χ3n) is 12.1. The van der Waals surface area contributed by atoms with Crippen molar-refractivity contribution in [3.05, 3.63) is 122 Å². The number of β-amino-alcohol motifs (C(OH)–C–C–N with tert-alkyl or cyclic N) is 1. The van der Waals surface area contributed by atoms with Gasteiger partial charge in [-0.3, -0.25) is 28.7 Å². The van der Waals surface area contributed by atoms with Crippen LogP contribution in [0.25, 0.3) is 26.7 Å². The third-order valence-corrected chi connectivity index (χ3v) is 14.2. The number of likely N-dealkylation sites (tertiary alicyclic amines) is 1. The Morgan fingerprint density at radius 2 is 1.60 bits per heavy atom. The summed E-state index contributed by atoms with van der Waals surface area (Å²) in [6, 6.07) is 17.4. The van der Waals surface area contributed by atoms with Gasteiger partial charge in [0.2, 0.25) is 11.8 Å². The molecule has 17 heteroatoms. The van der Waals surface area contributed by atoms with Crippen molar-refractivity contribution in [3.8, 4) is 26.7 Å². The first-order valence-corrected chi connectivity index (χ1v) is 23.1. The van der Waals surface area contributed by atoms with E-state index in [4.69, 9.17) is 9.98 Å². The standard InChI is InChI=1S/C48H51N9O6S2/c1-24-27(4)65-47-39(24)40(52-36(21-38(59)60)43-55-54-28(5)57(43)47)31-16-14-30(15-17-31)34-10-9-11-35(51-34)44(61)53-42(48(6,7)8)46(63)56-22-33(58)20-37(56)45(62)50-25(2)29-12-18-32(19-13-29)41-26(3)49-23-64-41/h9-19,23,25,33,36-37,42,58H,20-22H2,1-8H3,(H,50,62)(H,53,61)(H,59,60)/t25-,33+,36-,37-,42+/m0/s1.